The Balaban J connectivity index is 1.74. The van der Waals surface area contributed by atoms with Crippen molar-refractivity contribution in [3.8, 4) is 5.75 Å². The molecule has 0 saturated carbocycles. The monoisotopic (exact) mass is 511 g/mol. The standard InChI is InChI=1S/C26H26ClN3O4S/c1-3-22(26(33)29-11-12-31)24-23(16(2)28)18(15-35-24)14-34-21-6-4-5-20(13-21)30-25(32)17-7-9-19(27)10-8-17/h3-10,13,15,31H,2,11-12,14,28H2,1H3,(H,29,33)(H,30,32)/b22-3+. The second kappa shape index (κ2) is 12.2. The molecule has 0 saturated heterocycles. The first-order chi connectivity index (χ1) is 16.8. The number of ether oxygens (including phenoxy) is 1. The molecule has 0 fully saturated rings. The number of anilines is 1. The molecule has 5 N–H and O–H groups in total. The highest BCUT2D eigenvalue weighted by Gasteiger charge is 2.21. The fourth-order valence-corrected chi connectivity index (χ4v) is 4.60. The average Bonchev–Trinajstić information content (AvgIpc) is 3.26. The topological polar surface area (TPSA) is 114 Å². The minimum absolute atomic E-state index is 0.151. The first kappa shape index (κ1) is 26.0. The normalized spacial score (nSPS) is 11.1. The highest BCUT2D eigenvalue weighted by atomic mass is 35.5. The van der Waals surface area contributed by atoms with Crippen molar-refractivity contribution >= 4 is 51.7 Å². The summed E-state index contributed by atoms with van der Waals surface area (Å²) in [6.45, 7) is 5.82. The average molecular weight is 512 g/mol. The summed E-state index contributed by atoms with van der Waals surface area (Å²) in [5.74, 6) is -0.0175. The summed E-state index contributed by atoms with van der Waals surface area (Å²) in [7, 11) is 0. The SMILES string of the molecule is C=C(N)c1c(COc2cccc(NC(=O)c3ccc(Cl)cc3)c2)csc1/C(=C\C)C(=O)NCCO. The molecule has 0 aliphatic rings. The zero-order valence-electron chi connectivity index (χ0n) is 19.1. The molecule has 0 aliphatic heterocycles. The number of nitrogens with one attached hydrogen (secondary N) is 2. The predicted molar refractivity (Wildman–Crippen MR) is 141 cm³/mol. The van der Waals surface area contributed by atoms with E-state index >= 15 is 0 Å². The number of hydrogen-bond acceptors (Lipinski definition) is 6. The summed E-state index contributed by atoms with van der Waals surface area (Å²) < 4.78 is 5.97. The molecule has 7 nitrogen and oxygen atoms in total. The van der Waals surface area contributed by atoms with Crippen LogP contribution in [0.4, 0.5) is 5.69 Å². The maximum Gasteiger partial charge on any atom is 0.255 e. The Morgan fingerprint density at radius 1 is 1.23 bits per heavy atom. The first-order valence-corrected chi connectivity index (χ1v) is 12.0. The maximum absolute atomic E-state index is 12.5. The highest BCUT2D eigenvalue weighted by molar-refractivity contribution is 7.12. The Morgan fingerprint density at radius 3 is 2.63 bits per heavy atom. The van der Waals surface area contributed by atoms with Gasteiger partial charge in [0.25, 0.3) is 11.8 Å². The molecule has 0 atom stereocenters. The summed E-state index contributed by atoms with van der Waals surface area (Å²) in [6, 6.07) is 13.7. The minimum atomic E-state index is -0.303. The van der Waals surface area contributed by atoms with Crippen LogP contribution in [-0.2, 0) is 11.4 Å². The fraction of sp³-hybridized carbons (Fsp3) is 0.154. The van der Waals surface area contributed by atoms with Crippen molar-refractivity contribution in [3.05, 3.63) is 93.2 Å². The molecule has 35 heavy (non-hydrogen) atoms. The molecule has 2 amide bonds. The van der Waals surface area contributed by atoms with Gasteiger partial charge < -0.3 is 26.2 Å². The third-order valence-electron chi connectivity index (χ3n) is 4.96. The van der Waals surface area contributed by atoms with Gasteiger partial charge in [-0.2, -0.15) is 0 Å². The van der Waals surface area contributed by atoms with E-state index in [1.54, 1.807) is 61.5 Å². The Morgan fingerprint density at radius 2 is 1.97 bits per heavy atom. The van der Waals surface area contributed by atoms with Crippen molar-refractivity contribution in [3.63, 3.8) is 0 Å². The zero-order chi connectivity index (χ0) is 25.4. The lowest BCUT2D eigenvalue weighted by molar-refractivity contribution is -0.115. The van der Waals surface area contributed by atoms with Crippen LogP contribution in [-0.4, -0.2) is 30.1 Å². The zero-order valence-corrected chi connectivity index (χ0v) is 20.7. The van der Waals surface area contributed by atoms with E-state index in [0.29, 0.717) is 43.7 Å². The van der Waals surface area contributed by atoms with Gasteiger partial charge in [-0.15, -0.1) is 11.3 Å². The maximum atomic E-state index is 12.5. The predicted octanol–water partition coefficient (Wildman–Crippen LogP) is 4.67. The van der Waals surface area contributed by atoms with Crippen molar-refractivity contribution in [2.75, 3.05) is 18.5 Å². The summed E-state index contributed by atoms with van der Waals surface area (Å²) in [5.41, 5.74) is 9.32. The van der Waals surface area contributed by atoms with Crippen LogP contribution < -0.4 is 21.1 Å². The Labute approximate surface area is 212 Å². The lowest BCUT2D eigenvalue weighted by Crippen LogP contribution is -2.27. The molecule has 0 bridgehead atoms. The highest BCUT2D eigenvalue weighted by Crippen LogP contribution is 2.33. The van der Waals surface area contributed by atoms with E-state index in [1.807, 2.05) is 5.38 Å². The van der Waals surface area contributed by atoms with Crippen molar-refractivity contribution in [1.29, 1.82) is 0 Å². The van der Waals surface area contributed by atoms with E-state index in [9.17, 15) is 9.59 Å². The molecule has 0 aliphatic carbocycles. The van der Waals surface area contributed by atoms with Gasteiger partial charge in [0.2, 0.25) is 0 Å². The van der Waals surface area contributed by atoms with Gasteiger partial charge >= 0.3 is 0 Å². The van der Waals surface area contributed by atoms with Crippen LogP contribution in [0.3, 0.4) is 0 Å². The van der Waals surface area contributed by atoms with E-state index in [-0.39, 0.29) is 31.6 Å². The van der Waals surface area contributed by atoms with Crippen LogP contribution in [0.15, 0.2) is 66.6 Å². The number of thiophene rings is 1. The number of carbonyl (C=O) groups is 2. The molecule has 0 spiro atoms. The van der Waals surface area contributed by atoms with E-state index in [4.69, 9.17) is 27.2 Å². The van der Waals surface area contributed by atoms with Gasteiger partial charge in [-0.3, -0.25) is 9.59 Å². The molecule has 1 heterocycles. The number of allylic oxidation sites excluding steroid dienone is 1. The lowest BCUT2D eigenvalue weighted by atomic mass is 10.0. The number of hydrogen-bond donors (Lipinski definition) is 4. The van der Waals surface area contributed by atoms with Crippen LogP contribution in [0.1, 0.15) is 33.3 Å². The van der Waals surface area contributed by atoms with Gasteiger partial charge in [-0.25, -0.2) is 0 Å². The molecule has 3 rings (SSSR count). The van der Waals surface area contributed by atoms with E-state index in [2.05, 4.69) is 17.2 Å². The van der Waals surface area contributed by atoms with Crippen LogP contribution in [0.25, 0.3) is 11.3 Å². The van der Waals surface area contributed by atoms with Gasteiger partial charge in [0.15, 0.2) is 0 Å². The molecule has 3 aromatic rings. The van der Waals surface area contributed by atoms with Gasteiger partial charge in [0.1, 0.15) is 12.4 Å². The van der Waals surface area contributed by atoms with Crippen molar-refractivity contribution in [2.45, 2.75) is 13.5 Å². The lowest BCUT2D eigenvalue weighted by Gasteiger charge is -2.12. The first-order valence-electron chi connectivity index (χ1n) is 10.7. The molecule has 0 radical (unpaired) electrons. The fourth-order valence-electron chi connectivity index (χ4n) is 3.31. The summed E-state index contributed by atoms with van der Waals surface area (Å²) in [4.78, 5) is 25.7. The number of nitrogens with two attached hydrogens (primary N) is 1. The Kier molecular flexibility index (Phi) is 9.08. The Hall–Kier alpha value is -3.59. The molecular formula is C26H26ClN3O4S. The van der Waals surface area contributed by atoms with Gasteiger partial charge in [0, 0.05) is 50.6 Å². The van der Waals surface area contributed by atoms with Gasteiger partial charge in [-0.1, -0.05) is 30.3 Å². The van der Waals surface area contributed by atoms with Gasteiger partial charge in [-0.05, 0) is 48.7 Å². The number of aliphatic hydroxyl groups excluding tert-OH is 1. The number of aliphatic hydroxyl groups is 1. The van der Waals surface area contributed by atoms with Crippen LogP contribution >= 0.6 is 22.9 Å². The van der Waals surface area contributed by atoms with E-state index in [0.717, 1.165) is 5.56 Å². The summed E-state index contributed by atoms with van der Waals surface area (Å²) in [5, 5.41) is 16.9. The van der Waals surface area contributed by atoms with Crippen LogP contribution in [0, 0.1) is 0 Å². The summed E-state index contributed by atoms with van der Waals surface area (Å²) in [6.07, 6.45) is 1.70. The number of amides is 2. The summed E-state index contributed by atoms with van der Waals surface area (Å²) >= 11 is 7.25. The van der Waals surface area contributed by atoms with E-state index in [1.165, 1.54) is 11.3 Å². The quantitative estimate of drug-likeness (QED) is 0.295. The molecule has 1 aromatic heterocycles. The van der Waals surface area contributed by atoms with Crippen LogP contribution in [0.2, 0.25) is 5.02 Å². The number of benzene rings is 2. The van der Waals surface area contributed by atoms with Gasteiger partial charge in [0.05, 0.1) is 12.2 Å². The molecular weight excluding hydrogens is 486 g/mol. The molecule has 182 valence electrons. The van der Waals surface area contributed by atoms with Crippen molar-refractivity contribution in [1.82, 2.24) is 5.32 Å². The van der Waals surface area contributed by atoms with E-state index < -0.39 is 0 Å². The Bertz CT molecular complexity index is 1250. The van der Waals surface area contributed by atoms with Crippen molar-refractivity contribution in [2.24, 2.45) is 5.73 Å². The van der Waals surface area contributed by atoms with Crippen molar-refractivity contribution < 1.29 is 19.4 Å². The second-order valence-corrected chi connectivity index (χ2v) is 8.77. The number of carbonyl (C=O) groups excluding carboxylic acids is 2. The third-order valence-corrected chi connectivity index (χ3v) is 6.27. The second-order valence-electron chi connectivity index (χ2n) is 7.45. The molecule has 9 heteroatoms. The van der Waals surface area contributed by atoms with Crippen LogP contribution in [0.5, 0.6) is 5.75 Å². The molecule has 0 unspecified atom stereocenters. The smallest absolute Gasteiger partial charge is 0.255 e. The number of rotatable bonds is 10. The number of halogens is 1. The minimum Gasteiger partial charge on any atom is -0.489 e. The molecule has 2 aromatic carbocycles. The largest absolute Gasteiger partial charge is 0.489 e. The third kappa shape index (κ3) is 6.73.